The molecule has 1 unspecified atom stereocenters. The average molecular weight is 227 g/mol. The normalized spacial score (nSPS) is 19.1. The van der Waals surface area contributed by atoms with Crippen molar-refractivity contribution in [2.24, 2.45) is 7.05 Å². The van der Waals surface area contributed by atoms with Crippen molar-refractivity contribution in [3.63, 3.8) is 0 Å². The van der Waals surface area contributed by atoms with Gasteiger partial charge in [0.1, 0.15) is 0 Å². The van der Waals surface area contributed by atoms with Gasteiger partial charge in [0.15, 0.2) is 0 Å². The molecule has 1 aromatic carbocycles. The molecule has 2 aromatic rings. The van der Waals surface area contributed by atoms with Gasteiger partial charge in [-0.05, 0) is 23.6 Å². The molecule has 1 aliphatic heterocycles. The van der Waals surface area contributed by atoms with Crippen molar-refractivity contribution in [3.8, 4) is 0 Å². The van der Waals surface area contributed by atoms with E-state index in [0.29, 0.717) is 5.92 Å². The maximum Gasteiger partial charge on any atom is 0.0521 e. The zero-order chi connectivity index (χ0) is 11.8. The van der Waals surface area contributed by atoms with Gasteiger partial charge >= 0.3 is 0 Å². The molecule has 0 saturated carbocycles. The molecule has 0 aliphatic carbocycles. The molecular formula is C14H17N3. The molecule has 88 valence electrons. The van der Waals surface area contributed by atoms with E-state index in [1.54, 1.807) is 0 Å². The number of aromatic nitrogens is 2. The highest BCUT2D eigenvalue weighted by atomic mass is 15.3. The molecule has 0 saturated heterocycles. The van der Waals surface area contributed by atoms with E-state index in [-0.39, 0.29) is 0 Å². The Bertz CT molecular complexity index is 523. The molecule has 1 N–H and O–H groups in total. The van der Waals surface area contributed by atoms with E-state index in [0.717, 1.165) is 13.1 Å². The zero-order valence-corrected chi connectivity index (χ0v) is 10.3. The summed E-state index contributed by atoms with van der Waals surface area (Å²) in [4.78, 5) is 0. The van der Waals surface area contributed by atoms with Gasteiger partial charge in [-0.1, -0.05) is 24.3 Å². The number of benzene rings is 1. The molecule has 3 nitrogen and oxygen atoms in total. The minimum Gasteiger partial charge on any atom is -0.312 e. The van der Waals surface area contributed by atoms with Gasteiger partial charge in [0.05, 0.1) is 6.20 Å². The summed E-state index contributed by atoms with van der Waals surface area (Å²) < 4.78 is 2.00. The number of aryl methyl sites for hydroxylation is 2. The molecule has 0 fully saturated rings. The van der Waals surface area contributed by atoms with Crippen LogP contribution in [0.3, 0.4) is 0 Å². The molecule has 2 heterocycles. The summed E-state index contributed by atoms with van der Waals surface area (Å²) in [5.74, 6) is 0.424. The van der Waals surface area contributed by atoms with Crippen LogP contribution in [0.25, 0.3) is 0 Å². The monoisotopic (exact) mass is 227 g/mol. The molecule has 3 heteroatoms. The van der Waals surface area contributed by atoms with Crippen LogP contribution in [0.1, 0.15) is 28.3 Å². The summed E-state index contributed by atoms with van der Waals surface area (Å²) in [5.41, 5.74) is 5.45. The smallest absolute Gasteiger partial charge is 0.0521 e. The molecule has 3 rings (SSSR count). The number of rotatable bonds is 1. The lowest BCUT2D eigenvalue weighted by Gasteiger charge is -2.27. The van der Waals surface area contributed by atoms with Crippen molar-refractivity contribution in [1.29, 1.82) is 0 Å². The Morgan fingerprint density at radius 1 is 1.35 bits per heavy atom. The Morgan fingerprint density at radius 3 is 2.94 bits per heavy atom. The Balaban J connectivity index is 2.12. The molecule has 0 amide bonds. The summed E-state index contributed by atoms with van der Waals surface area (Å²) in [5, 5.41) is 7.85. The van der Waals surface area contributed by atoms with Crippen molar-refractivity contribution < 1.29 is 0 Å². The predicted octanol–water partition coefficient (Wildman–Crippen LogP) is 1.96. The largest absolute Gasteiger partial charge is 0.312 e. The second-order valence-electron chi connectivity index (χ2n) is 4.72. The van der Waals surface area contributed by atoms with E-state index >= 15 is 0 Å². The number of nitrogens with one attached hydrogen (secondary N) is 1. The maximum atomic E-state index is 4.35. The maximum absolute atomic E-state index is 4.35. The Morgan fingerprint density at radius 2 is 2.18 bits per heavy atom. The van der Waals surface area contributed by atoms with E-state index in [4.69, 9.17) is 0 Å². The van der Waals surface area contributed by atoms with Crippen LogP contribution in [-0.4, -0.2) is 16.3 Å². The summed E-state index contributed by atoms with van der Waals surface area (Å²) in [6, 6.07) is 8.69. The lowest BCUT2D eigenvalue weighted by Crippen LogP contribution is -2.30. The minimum atomic E-state index is 0.424. The Kier molecular flexibility index (Phi) is 2.48. The molecule has 0 bridgehead atoms. The topological polar surface area (TPSA) is 29.9 Å². The van der Waals surface area contributed by atoms with Crippen molar-refractivity contribution in [3.05, 3.63) is 52.8 Å². The zero-order valence-electron chi connectivity index (χ0n) is 10.3. The van der Waals surface area contributed by atoms with Gasteiger partial charge in [-0.15, -0.1) is 0 Å². The molecular weight excluding hydrogens is 210 g/mol. The fourth-order valence-electron chi connectivity index (χ4n) is 2.80. The molecule has 1 aromatic heterocycles. The van der Waals surface area contributed by atoms with Gasteiger partial charge in [-0.25, -0.2) is 0 Å². The van der Waals surface area contributed by atoms with Crippen molar-refractivity contribution in [2.75, 3.05) is 6.54 Å². The van der Waals surface area contributed by atoms with Crippen LogP contribution in [0.5, 0.6) is 0 Å². The van der Waals surface area contributed by atoms with Gasteiger partial charge in [-0.2, -0.15) is 5.10 Å². The quantitative estimate of drug-likeness (QED) is 0.807. The SMILES string of the molecule is Cc1cnn(C)c1C1CNCc2ccccc21. The second kappa shape index (κ2) is 4.00. The summed E-state index contributed by atoms with van der Waals surface area (Å²) in [6.45, 7) is 4.11. The summed E-state index contributed by atoms with van der Waals surface area (Å²) in [6.07, 6.45) is 1.95. The van der Waals surface area contributed by atoms with E-state index in [1.807, 2.05) is 17.9 Å². The predicted molar refractivity (Wildman–Crippen MR) is 67.9 cm³/mol. The standard InChI is InChI=1S/C14H17N3/c1-10-7-16-17(2)14(10)13-9-15-8-11-5-3-4-6-12(11)13/h3-7,13,15H,8-9H2,1-2H3. The third-order valence-corrected chi connectivity index (χ3v) is 3.60. The van der Waals surface area contributed by atoms with E-state index in [1.165, 1.54) is 22.4 Å². The first-order valence-corrected chi connectivity index (χ1v) is 6.04. The molecule has 17 heavy (non-hydrogen) atoms. The molecule has 0 radical (unpaired) electrons. The van der Waals surface area contributed by atoms with Crippen LogP contribution in [0, 0.1) is 6.92 Å². The number of hydrogen-bond acceptors (Lipinski definition) is 2. The highest BCUT2D eigenvalue weighted by Crippen LogP contribution is 2.31. The molecule has 1 atom stereocenters. The Hall–Kier alpha value is -1.61. The van der Waals surface area contributed by atoms with Crippen molar-refractivity contribution in [1.82, 2.24) is 15.1 Å². The van der Waals surface area contributed by atoms with Crippen LogP contribution in [-0.2, 0) is 13.6 Å². The highest BCUT2D eigenvalue weighted by Gasteiger charge is 2.24. The molecule has 0 spiro atoms. The molecule has 1 aliphatic rings. The Labute approximate surface area is 101 Å². The number of nitrogens with zero attached hydrogens (tertiary/aromatic N) is 2. The third kappa shape index (κ3) is 1.67. The van der Waals surface area contributed by atoms with Crippen LogP contribution < -0.4 is 5.32 Å². The van der Waals surface area contributed by atoms with Crippen LogP contribution in [0.15, 0.2) is 30.5 Å². The van der Waals surface area contributed by atoms with Crippen LogP contribution >= 0.6 is 0 Å². The van der Waals surface area contributed by atoms with Crippen molar-refractivity contribution >= 4 is 0 Å². The first-order chi connectivity index (χ1) is 8.27. The van der Waals surface area contributed by atoms with Crippen LogP contribution in [0.2, 0.25) is 0 Å². The number of hydrogen-bond donors (Lipinski definition) is 1. The lowest BCUT2D eigenvalue weighted by atomic mass is 9.87. The van der Waals surface area contributed by atoms with Crippen molar-refractivity contribution in [2.45, 2.75) is 19.4 Å². The van der Waals surface area contributed by atoms with E-state index in [9.17, 15) is 0 Å². The van der Waals surface area contributed by atoms with Gasteiger partial charge < -0.3 is 5.32 Å². The van der Waals surface area contributed by atoms with Gasteiger partial charge in [0, 0.05) is 31.7 Å². The fraction of sp³-hybridized carbons (Fsp3) is 0.357. The van der Waals surface area contributed by atoms with E-state index < -0.39 is 0 Å². The first kappa shape index (κ1) is 10.5. The summed E-state index contributed by atoms with van der Waals surface area (Å²) in [7, 11) is 2.03. The van der Waals surface area contributed by atoms with Gasteiger partial charge in [0.25, 0.3) is 0 Å². The van der Waals surface area contributed by atoms with Crippen LogP contribution in [0.4, 0.5) is 0 Å². The average Bonchev–Trinajstić information content (AvgIpc) is 2.69. The summed E-state index contributed by atoms with van der Waals surface area (Å²) >= 11 is 0. The highest BCUT2D eigenvalue weighted by molar-refractivity contribution is 5.40. The lowest BCUT2D eigenvalue weighted by molar-refractivity contribution is 0.556. The minimum absolute atomic E-state index is 0.424. The third-order valence-electron chi connectivity index (χ3n) is 3.60. The second-order valence-corrected chi connectivity index (χ2v) is 4.72. The first-order valence-electron chi connectivity index (χ1n) is 6.04. The van der Waals surface area contributed by atoms with E-state index in [2.05, 4.69) is 41.6 Å². The fourth-order valence-corrected chi connectivity index (χ4v) is 2.80. The van der Waals surface area contributed by atoms with Gasteiger partial charge in [0.2, 0.25) is 0 Å². The number of fused-ring (bicyclic) bond motifs is 1. The van der Waals surface area contributed by atoms with Gasteiger partial charge in [-0.3, -0.25) is 4.68 Å².